The molecule has 1 heterocycles. The Morgan fingerprint density at radius 3 is 2.69 bits per heavy atom. The van der Waals surface area contributed by atoms with Gasteiger partial charge in [0.15, 0.2) is 0 Å². The van der Waals surface area contributed by atoms with Crippen LogP contribution in [-0.2, 0) is 4.79 Å². The van der Waals surface area contributed by atoms with Gasteiger partial charge in [0.05, 0.1) is 6.10 Å². The van der Waals surface area contributed by atoms with Crippen LogP contribution in [0.5, 0.6) is 0 Å². The molecule has 1 saturated heterocycles. The first-order valence-electron chi connectivity index (χ1n) is 6.38. The predicted octanol–water partition coefficient (Wildman–Crippen LogP) is 0.420. The molecule has 4 nitrogen and oxygen atoms in total. The van der Waals surface area contributed by atoms with Gasteiger partial charge in [-0.15, -0.1) is 0 Å². The molecule has 1 aliphatic heterocycles. The normalized spacial score (nSPS) is 31.6. The van der Waals surface area contributed by atoms with E-state index in [0.29, 0.717) is 18.9 Å². The van der Waals surface area contributed by atoms with E-state index in [0.717, 1.165) is 6.54 Å². The molecule has 0 aromatic carbocycles. The smallest absolute Gasteiger partial charge is 0.238 e. The highest BCUT2D eigenvalue weighted by Crippen LogP contribution is 2.22. The van der Waals surface area contributed by atoms with Crippen molar-refractivity contribution >= 4 is 5.91 Å². The summed E-state index contributed by atoms with van der Waals surface area (Å²) in [5.74, 6) is 0.658. The fourth-order valence-electron chi connectivity index (χ4n) is 2.60. The van der Waals surface area contributed by atoms with E-state index in [1.54, 1.807) is 0 Å². The van der Waals surface area contributed by atoms with Crippen molar-refractivity contribution in [2.24, 2.45) is 5.92 Å². The van der Waals surface area contributed by atoms with E-state index in [-0.39, 0.29) is 11.9 Å². The third-order valence-corrected chi connectivity index (χ3v) is 3.62. The van der Waals surface area contributed by atoms with Crippen LogP contribution in [0.4, 0.5) is 0 Å². The van der Waals surface area contributed by atoms with E-state index in [1.165, 1.54) is 32.1 Å². The van der Waals surface area contributed by atoms with Gasteiger partial charge < -0.3 is 10.4 Å². The molecule has 0 spiro atoms. The highest BCUT2D eigenvalue weighted by atomic mass is 16.3. The second kappa shape index (κ2) is 5.64. The van der Waals surface area contributed by atoms with Crippen molar-refractivity contribution in [1.82, 2.24) is 10.6 Å². The Hall–Kier alpha value is -0.610. The first-order chi connectivity index (χ1) is 7.75. The SMILES string of the molecule is O=C(NCC1CCCCC1)C1CC(O)C[N]1. The van der Waals surface area contributed by atoms with Crippen molar-refractivity contribution in [2.75, 3.05) is 13.1 Å². The molecule has 0 bridgehead atoms. The highest BCUT2D eigenvalue weighted by Gasteiger charge is 2.29. The Balaban J connectivity index is 1.67. The summed E-state index contributed by atoms with van der Waals surface area (Å²) in [5.41, 5.74) is 0. The Bertz CT molecular complexity index is 239. The van der Waals surface area contributed by atoms with Gasteiger partial charge in [-0.3, -0.25) is 4.79 Å². The number of hydrogen-bond donors (Lipinski definition) is 2. The molecule has 0 aromatic rings. The van der Waals surface area contributed by atoms with Crippen LogP contribution < -0.4 is 10.6 Å². The minimum Gasteiger partial charge on any atom is -0.392 e. The Morgan fingerprint density at radius 1 is 1.31 bits per heavy atom. The zero-order valence-corrected chi connectivity index (χ0v) is 9.69. The summed E-state index contributed by atoms with van der Waals surface area (Å²) in [7, 11) is 0. The molecule has 2 N–H and O–H groups in total. The molecule has 1 amide bonds. The monoisotopic (exact) mass is 225 g/mol. The van der Waals surface area contributed by atoms with Gasteiger partial charge in [0.1, 0.15) is 6.04 Å². The predicted molar refractivity (Wildman–Crippen MR) is 61.0 cm³/mol. The highest BCUT2D eigenvalue weighted by molar-refractivity contribution is 5.82. The molecule has 1 radical (unpaired) electrons. The molecule has 1 saturated carbocycles. The second-order valence-corrected chi connectivity index (χ2v) is 5.02. The Morgan fingerprint density at radius 2 is 2.06 bits per heavy atom. The third-order valence-electron chi connectivity index (χ3n) is 3.62. The van der Waals surface area contributed by atoms with Crippen LogP contribution in [0.3, 0.4) is 0 Å². The van der Waals surface area contributed by atoms with Gasteiger partial charge in [-0.2, -0.15) is 0 Å². The summed E-state index contributed by atoms with van der Waals surface area (Å²) in [4.78, 5) is 11.7. The molecule has 2 fully saturated rings. The summed E-state index contributed by atoms with van der Waals surface area (Å²) in [6, 6.07) is -0.307. The summed E-state index contributed by atoms with van der Waals surface area (Å²) < 4.78 is 0. The molecule has 0 aromatic heterocycles. The van der Waals surface area contributed by atoms with E-state index in [4.69, 9.17) is 0 Å². The molecular formula is C12H21N2O2. The van der Waals surface area contributed by atoms with Crippen molar-refractivity contribution in [1.29, 1.82) is 0 Å². The lowest BCUT2D eigenvalue weighted by Crippen LogP contribution is -2.40. The van der Waals surface area contributed by atoms with Crippen LogP contribution in [0, 0.1) is 5.92 Å². The van der Waals surface area contributed by atoms with Gasteiger partial charge >= 0.3 is 0 Å². The average Bonchev–Trinajstić information content (AvgIpc) is 2.74. The first-order valence-corrected chi connectivity index (χ1v) is 6.38. The maximum absolute atomic E-state index is 11.7. The molecule has 2 unspecified atom stereocenters. The van der Waals surface area contributed by atoms with Crippen molar-refractivity contribution in [3.8, 4) is 0 Å². The van der Waals surface area contributed by atoms with E-state index in [9.17, 15) is 9.90 Å². The molecular weight excluding hydrogens is 204 g/mol. The summed E-state index contributed by atoms with van der Waals surface area (Å²) >= 11 is 0. The second-order valence-electron chi connectivity index (χ2n) is 5.02. The topological polar surface area (TPSA) is 63.4 Å². The maximum atomic E-state index is 11.7. The van der Waals surface area contributed by atoms with Gasteiger partial charge in [-0.05, 0) is 18.8 Å². The standard InChI is InChI=1S/C12H21N2O2/c15-10-6-11(13-8-10)12(16)14-7-9-4-2-1-3-5-9/h9-11,15H,1-8H2,(H,14,16). The van der Waals surface area contributed by atoms with Gasteiger partial charge in [0.2, 0.25) is 5.91 Å². The van der Waals surface area contributed by atoms with Crippen molar-refractivity contribution < 1.29 is 9.90 Å². The van der Waals surface area contributed by atoms with Gasteiger partial charge in [0, 0.05) is 19.5 Å². The van der Waals surface area contributed by atoms with Crippen LogP contribution in [0.25, 0.3) is 0 Å². The van der Waals surface area contributed by atoms with Gasteiger partial charge in [-0.1, -0.05) is 19.3 Å². The number of carbonyl (C=O) groups excluding carboxylic acids is 1. The van der Waals surface area contributed by atoms with Crippen molar-refractivity contribution in [3.05, 3.63) is 0 Å². The zero-order valence-electron chi connectivity index (χ0n) is 9.69. The number of nitrogens with zero attached hydrogens (tertiary/aromatic N) is 1. The lowest BCUT2D eigenvalue weighted by atomic mass is 9.89. The van der Waals surface area contributed by atoms with E-state index < -0.39 is 6.10 Å². The molecule has 2 atom stereocenters. The lowest BCUT2D eigenvalue weighted by Gasteiger charge is -2.22. The van der Waals surface area contributed by atoms with Crippen LogP contribution in [-0.4, -0.2) is 36.2 Å². The fraction of sp³-hybridized carbons (Fsp3) is 0.917. The zero-order chi connectivity index (χ0) is 11.4. The number of aliphatic hydroxyl groups excluding tert-OH is 1. The Kier molecular flexibility index (Phi) is 4.18. The van der Waals surface area contributed by atoms with Crippen LogP contribution >= 0.6 is 0 Å². The number of nitrogens with one attached hydrogen (secondary N) is 1. The number of hydrogen-bond acceptors (Lipinski definition) is 2. The number of carbonyl (C=O) groups is 1. The molecule has 1 aliphatic carbocycles. The number of amides is 1. The summed E-state index contributed by atoms with van der Waals surface area (Å²) in [5, 5.41) is 16.4. The third kappa shape index (κ3) is 3.19. The van der Waals surface area contributed by atoms with Crippen molar-refractivity contribution in [3.63, 3.8) is 0 Å². The van der Waals surface area contributed by atoms with E-state index in [2.05, 4.69) is 10.6 Å². The van der Waals surface area contributed by atoms with Crippen LogP contribution in [0.15, 0.2) is 0 Å². The van der Waals surface area contributed by atoms with Crippen molar-refractivity contribution in [2.45, 2.75) is 50.7 Å². The molecule has 91 valence electrons. The quantitative estimate of drug-likeness (QED) is 0.731. The minimum absolute atomic E-state index is 0.00197. The fourth-order valence-corrected chi connectivity index (χ4v) is 2.60. The number of aliphatic hydroxyl groups is 1. The van der Waals surface area contributed by atoms with Gasteiger partial charge in [-0.25, -0.2) is 5.32 Å². The molecule has 2 rings (SSSR count). The summed E-state index contributed by atoms with van der Waals surface area (Å²) in [6.07, 6.45) is 6.51. The lowest BCUT2D eigenvalue weighted by molar-refractivity contribution is -0.123. The van der Waals surface area contributed by atoms with Crippen LogP contribution in [0.1, 0.15) is 38.5 Å². The molecule has 16 heavy (non-hydrogen) atoms. The van der Waals surface area contributed by atoms with E-state index >= 15 is 0 Å². The van der Waals surface area contributed by atoms with E-state index in [1.807, 2.05) is 0 Å². The molecule has 2 aliphatic rings. The summed E-state index contributed by atoms with van der Waals surface area (Å²) in [6.45, 7) is 1.21. The Labute approximate surface area is 96.8 Å². The minimum atomic E-state index is -0.412. The van der Waals surface area contributed by atoms with Gasteiger partial charge in [0.25, 0.3) is 0 Å². The molecule has 4 heteroatoms. The van der Waals surface area contributed by atoms with Crippen LogP contribution in [0.2, 0.25) is 0 Å². The maximum Gasteiger partial charge on any atom is 0.238 e. The number of rotatable bonds is 3. The first kappa shape index (κ1) is 11.9. The largest absolute Gasteiger partial charge is 0.392 e. The average molecular weight is 225 g/mol.